The van der Waals surface area contributed by atoms with Gasteiger partial charge in [0.05, 0.1) is 0 Å². The fourth-order valence-corrected chi connectivity index (χ4v) is 9.48. The van der Waals surface area contributed by atoms with E-state index in [-0.39, 0.29) is 37.5 Å². The Kier molecular flexibility index (Phi) is 66.3. The van der Waals surface area contributed by atoms with Crippen LogP contribution in [0.4, 0.5) is 0 Å². The van der Waals surface area contributed by atoms with Crippen LogP contribution in [0.5, 0.6) is 0 Å². The number of unbranched alkanes of at least 4 members (excludes halogenated alkanes) is 29. The molecule has 0 amide bonds. The fourth-order valence-electron chi connectivity index (χ4n) is 9.48. The third-order valence-electron chi connectivity index (χ3n) is 14.6. The molecule has 1 atom stereocenters. The van der Waals surface area contributed by atoms with Crippen molar-refractivity contribution in [3.05, 3.63) is 134 Å². The van der Waals surface area contributed by atoms with Gasteiger partial charge in [-0.25, -0.2) is 0 Å². The Morgan fingerprint density at radius 2 is 0.482 bits per heavy atom. The molecule has 0 fully saturated rings. The number of carbonyl (C=O) groups excluding carboxylic acids is 3. The Bertz CT molecular complexity index is 1750. The van der Waals surface area contributed by atoms with Crippen molar-refractivity contribution in [1.82, 2.24) is 0 Å². The lowest BCUT2D eigenvalue weighted by Crippen LogP contribution is -2.30. The number of carbonyl (C=O) groups is 3. The van der Waals surface area contributed by atoms with Crippen LogP contribution in [-0.2, 0) is 28.6 Å². The first-order valence-corrected chi connectivity index (χ1v) is 34.7. The average Bonchev–Trinajstić information content (AvgIpc) is 3.49. The first-order valence-electron chi connectivity index (χ1n) is 34.7. The van der Waals surface area contributed by atoms with Gasteiger partial charge in [0.15, 0.2) is 6.10 Å². The SMILES string of the molecule is CC/C=C\C/C=C\C/C=C\C/C=C\C/C=C\C/C=C\C/C=C\C/C=C\C/C=C\CCCC(=O)OCC(COC(=O)CCCCCCCCCCCCCCCCC)OC(=O)CCCCCCCCCCC/C=C\C/C=C\CCCCCCC. The Balaban J connectivity index is 4.46. The van der Waals surface area contributed by atoms with Gasteiger partial charge >= 0.3 is 17.9 Å². The van der Waals surface area contributed by atoms with Gasteiger partial charge in [-0.05, 0) is 116 Å². The van der Waals surface area contributed by atoms with Gasteiger partial charge in [0, 0.05) is 19.3 Å². The Labute approximate surface area is 513 Å². The maximum absolute atomic E-state index is 12.9. The fraction of sp³-hybridized carbons (Fsp3) is 0.675. The lowest BCUT2D eigenvalue weighted by Gasteiger charge is -2.18. The molecule has 0 saturated heterocycles. The molecule has 0 heterocycles. The van der Waals surface area contributed by atoms with Gasteiger partial charge in [-0.1, -0.05) is 315 Å². The molecule has 0 bridgehead atoms. The summed E-state index contributed by atoms with van der Waals surface area (Å²) >= 11 is 0. The summed E-state index contributed by atoms with van der Waals surface area (Å²) in [6, 6.07) is 0. The van der Waals surface area contributed by atoms with E-state index in [0.29, 0.717) is 19.3 Å². The average molecular weight is 1150 g/mol. The normalized spacial score (nSPS) is 13.0. The van der Waals surface area contributed by atoms with Gasteiger partial charge in [-0.2, -0.15) is 0 Å². The summed E-state index contributed by atoms with van der Waals surface area (Å²) in [4.78, 5) is 38.4. The highest BCUT2D eigenvalue weighted by Crippen LogP contribution is 2.16. The number of esters is 3. The summed E-state index contributed by atoms with van der Waals surface area (Å²) in [5.74, 6) is -0.956. The van der Waals surface area contributed by atoms with Crippen LogP contribution in [0, 0.1) is 0 Å². The topological polar surface area (TPSA) is 78.9 Å². The van der Waals surface area contributed by atoms with Crippen LogP contribution in [0.15, 0.2) is 134 Å². The molecule has 1 unspecified atom stereocenters. The molecule has 83 heavy (non-hydrogen) atoms. The maximum Gasteiger partial charge on any atom is 0.306 e. The van der Waals surface area contributed by atoms with Gasteiger partial charge in [0.2, 0.25) is 0 Å². The quantitative estimate of drug-likeness (QED) is 0.0261. The molecule has 0 aromatic carbocycles. The van der Waals surface area contributed by atoms with E-state index in [9.17, 15) is 14.4 Å². The van der Waals surface area contributed by atoms with Crippen molar-refractivity contribution in [3.8, 4) is 0 Å². The molecule has 6 nitrogen and oxygen atoms in total. The summed E-state index contributed by atoms with van der Waals surface area (Å²) in [5.41, 5.74) is 0. The zero-order valence-corrected chi connectivity index (χ0v) is 54.2. The lowest BCUT2D eigenvalue weighted by atomic mass is 10.0. The van der Waals surface area contributed by atoms with Crippen LogP contribution < -0.4 is 0 Å². The summed E-state index contributed by atoms with van der Waals surface area (Å²) in [5, 5.41) is 0. The minimum Gasteiger partial charge on any atom is -0.462 e. The Morgan fingerprint density at radius 1 is 0.253 bits per heavy atom. The summed E-state index contributed by atoms with van der Waals surface area (Å²) in [6.07, 6.45) is 99.0. The smallest absolute Gasteiger partial charge is 0.306 e. The highest BCUT2D eigenvalue weighted by atomic mass is 16.6. The van der Waals surface area contributed by atoms with Crippen molar-refractivity contribution < 1.29 is 28.6 Å². The monoisotopic (exact) mass is 1150 g/mol. The second kappa shape index (κ2) is 70.0. The van der Waals surface area contributed by atoms with E-state index < -0.39 is 6.10 Å². The van der Waals surface area contributed by atoms with Gasteiger partial charge in [-0.3, -0.25) is 14.4 Å². The lowest BCUT2D eigenvalue weighted by molar-refractivity contribution is -0.167. The van der Waals surface area contributed by atoms with E-state index in [0.717, 1.165) is 109 Å². The Morgan fingerprint density at radius 3 is 0.783 bits per heavy atom. The summed E-state index contributed by atoms with van der Waals surface area (Å²) < 4.78 is 16.9. The third kappa shape index (κ3) is 68.2. The molecule has 6 heteroatoms. The summed E-state index contributed by atoms with van der Waals surface area (Å²) in [7, 11) is 0. The van der Waals surface area contributed by atoms with E-state index in [2.05, 4.69) is 154 Å². The molecule has 0 N–H and O–H groups in total. The number of rotatable bonds is 62. The molecule has 0 spiro atoms. The molecule has 0 saturated carbocycles. The second-order valence-electron chi connectivity index (χ2n) is 22.7. The van der Waals surface area contributed by atoms with E-state index in [4.69, 9.17) is 14.2 Å². The van der Waals surface area contributed by atoms with Crippen LogP contribution in [0.3, 0.4) is 0 Å². The van der Waals surface area contributed by atoms with E-state index in [1.165, 1.54) is 161 Å². The predicted molar refractivity (Wildman–Crippen MR) is 362 cm³/mol. The molecule has 0 radical (unpaired) electrons. The predicted octanol–water partition coefficient (Wildman–Crippen LogP) is 24.1. The third-order valence-corrected chi connectivity index (χ3v) is 14.6. The zero-order valence-electron chi connectivity index (χ0n) is 54.2. The number of hydrogen-bond acceptors (Lipinski definition) is 6. The molecular weight excluding hydrogens is 1020 g/mol. The van der Waals surface area contributed by atoms with Crippen molar-refractivity contribution >= 4 is 17.9 Å². The molecule has 0 rings (SSSR count). The first kappa shape index (κ1) is 78.5. The van der Waals surface area contributed by atoms with Crippen LogP contribution in [-0.4, -0.2) is 37.2 Å². The van der Waals surface area contributed by atoms with E-state index in [1.807, 2.05) is 0 Å². The van der Waals surface area contributed by atoms with Crippen molar-refractivity contribution in [2.45, 2.75) is 322 Å². The molecule has 0 aliphatic heterocycles. The molecule has 0 aromatic rings. The van der Waals surface area contributed by atoms with Crippen LogP contribution in [0.2, 0.25) is 0 Å². The molecular formula is C77H128O6. The second-order valence-corrected chi connectivity index (χ2v) is 22.7. The first-order chi connectivity index (χ1) is 41.0. The Hall–Kier alpha value is -4.45. The standard InChI is InChI=1S/C77H128O6/c1-4-7-10-13-16-19-22-25-28-30-32-34-35-36-37-38-39-40-41-43-44-46-49-52-55-58-61-64-67-70-76(79)82-73-74(72-81-75(78)69-66-63-60-57-54-51-48-27-24-21-18-15-12-9-6-3)83-77(80)71-68-65-62-59-56-53-50-47-45-42-33-31-29-26-23-20-17-14-11-8-5-2/h7,10,16,19,23,25-26,28,31-34,36-37,39-40,43-44,49,52,58,61,74H,4-6,8-9,11-15,17-18,20-22,24,27,29-30,35,38,41-42,45-48,50-51,53-57,59-60,62-73H2,1-3H3/b10-7-,19-16-,26-23-,28-25-,33-31-,34-32-,37-36-,40-39-,44-43-,52-49-,61-58-. The van der Waals surface area contributed by atoms with Crippen LogP contribution >= 0.6 is 0 Å². The minimum absolute atomic E-state index is 0.0982. The zero-order chi connectivity index (χ0) is 59.9. The number of allylic oxidation sites excluding steroid dienone is 22. The largest absolute Gasteiger partial charge is 0.462 e. The van der Waals surface area contributed by atoms with Gasteiger partial charge in [-0.15, -0.1) is 0 Å². The van der Waals surface area contributed by atoms with Gasteiger partial charge in [0.25, 0.3) is 0 Å². The van der Waals surface area contributed by atoms with Crippen molar-refractivity contribution in [2.24, 2.45) is 0 Å². The highest BCUT2D eigenvalue weighted by molar-refractivity contribution is 5.71. The van der Waals surface area contributed by atoms with Crippen LogP contribution in [0.25, 0.3) is 0 Å². The van der Waals surface area contributed by atoms with Crippen LogP contribution in [0.1, 0.15) is 316 Å². The minimum atomic E-state index is -0.808. The molecule has 0 aliphatic carbocycles. The van der Waals surface area contributed by atoms with E-state index in [1.54, 1.807) is 0 Å². The van der Waals surface area contributed by atoms with Gasteiger partial charge in [0.1, 0.15) is 13.2 Å². The number of hydrogen-bond donors (Lipinski definition) is 0. The van der Waals surface area contributed by atoms with Crippen molar-refractivity contribution in [1.29, 1.82) is 0 Å². The number of ether oxygens (including phenoxy) is 3. The molecule has 472 valence electrons. The highest BCUT2D eigenvalue weighted by Gasteiger charge is 2.19. The molecule has 0 aromatic heterocycles. The van der Waals surface area contributed by atoms with Crippen molar-refractivity contribution in [3.63, 3.8) is 0 Å². The summed E-state index contributed by atoms with van der Waals surface area (Å²) in [6.45, 7) is 6.49. The molecule has 0 aliphatic rings. The van der Waals surface area contributed by atoms with Gasteiger partial charge < -0.3 is 14.2 Å². The van der Waals surface area contributed by atoms with Crippen molar-refractivity contribution in [2.75, 3.05) is 13.2 Å². The van der Waals surface area contributed by atoms with E-state index >= 15 is 0 Å². The maximum atomic E-state index is 12.9.